The maximum absolute atomic E-state index is 12.8. The van der Waals surface area contributed by atoms with E-state index in [9.17, 15) is 14.0 Å². The summed E-state index contributed by atoms with van der Waals surface area (Å²) in [6.07, 6.45) is 1.52. The molecule has 120 valence electrons. The Balaban J connectivity index is 2.03. The van der Waals surface area contributed by atoms with E-state index in [1.54, 1.807) is 26.0 Å². The van der Waals surface area contributed by atoms with Gasteiger partial charge in [-0.2, -0.15) is 0 Å². The largest absolute Gasteiger partial charge is 0.466 e. The second-order valence-corrected chi connectivity index (χ2v) is 4.91. The van der Waals surface area contributed by atoms with E-state index < -0.39 is 11.7 Å². The topological polar surface area (TPSA) is 68.3 Å². The Morgan fingerprint density at radius 3 is 2.48 bits per heavy atom. The Morgan fingerprint density at radius 2 is 1.91 bits per heavy atom. The lowest BCUT2D eigenvalue weighted by molar-refractivity contribution is -0.144. The molecule has 6 heteroatoms. The fourth-order valence-corrected chi connectivity index (χ4v) is 1.93. The highest BCUT2D eigenvalue weighted by molar-refractivity contribution is 6.03. The summed E-state index contributed by atoms with van der Waals surface area (Å²) in [5.41, 5.74) is 1.03. The van der Waals surface area contributed by atoms with Crippen LogP contribution in [0.5, 0.6) is 0 Å². The predicted molar refractivity (Wildman–Crippen MR) is 83.6 cm³/mol. The normalized spacial score (nSPS) is 11.6. The van der Waals surface area contributed by atoms with Gasteiger partial charge in [-0.05, 0) is 49.7 Å². The van der Waals surface area contributed by atoms with Crippen molar-refractivity contribution in [3.05, 3.63) is 59.5 Å². The number of esters is 1. The van der Waals surface area contributed by atoms with E-state index >= 15 is 0 Å². The molecule has 0 radical (unpaired) electrons. The fraction of sp³-hybridized carbons (Fsp3) is 0.235. The zero-order valence-electron chi connectivity index (χ0n) is 12.9. The lowest BCUT2D eigenvalue weighted by Gasteiger charge is -2.11. The first-order chi connectivity index (χ1) is 11.0. The van der Waals surface area contributed by atoms with Gasteiger partial charge in [0.1, 0.15) is 11.6 Å². The molecule has 5 nitrogen and oxygen atoms in total. The summed E-state index contributed by atoms with van der Waals surface area (Å²) in [5, 5.41) is 2.61. The summed E-state index contributed by atoms with van der Waals surface area (Å²) in [4.78, 5) is 27.8. The van der Waals surface area contributed by atoms with E-state index in [-0.39, 0.29) is 11.9 Å². The molecule has 1 unspecified atom stereocenters. The quantitative estimate of drug-likeness (QED) is 0.861. The number of pyridine rings is 1. The number of benzene rings is 1. The minimum Gasteiger partial charge on any atom is -0.466 e. The Morgan fingerprint density at radius 1 is 1.22 bits per heavy atom. The van der Waals surface area contributed by atoms with E-state index in [0.717, 1.165) is 0 Å². The molecule has 0 bridgehead atoms. The number of hydrogen-bond donors (Lipinski definition) is 1. The minimum atomic E-state index is -0.427. The molecule has 0 aliphatic heterocycles. The molecule has 1 atom stereocenters. The van der Waals surface area contributed by atoms with Gasteiger partial charge in [-0.1, -0.05) is 6.07 Å². The van der Waals surface area contributed by atoms with Crippen LogP contribution in [0.1, 0.15) is 35.7 Å². The molecule has 23 heavy (non-hydrogen) atoms. The summed E-state index contributed by atoms with van der Waals surface area (Å²) in [6.45, 7) is 3.80. The first-order valence-corrected chi connectivity index (χ1v) is 7.20. The highest BCUT2D eigenvalue weighted by atomic mass is 19.1. The van der Waals surface area contributed by atoms with Crippen molar-refractivity contribution in [3.63, 3.8) is 0 Å². The molecule has 1 aromatic heterocycles. The maximum Gasteiger partial charge on any atom is 0.313 e. The minimum absolute atomic E-state index is 0.322. The van der Waals surface area contributed by atoms with Crippen LogP contribution in [0.25, 0.3) is 0 Å². The lowest BCUT2D eigenvalue weighted by atomic mass is 10.0. The molecule has 1 N–H and O–H groups in total. The van der Waals surface area contributed by atoms with Gasteiger partial charge in [-0.25, -0.2) is 9.37 Å². The van der Waals surface area contributed by atoms with Crippen molar-refractivity contribution in [2.24, 2.45) is 0 Å². The van der Waals surface area contributed by atoms with Crippen molar-refractivity contribution in [3.8, 4) is 0 Å². The predicted octanol–water partition coefficient (Wildman–Crippen LogP) is 3.14. The van der Waals surface area contributed by atoms with E-state index in [2.05, 4.69) is 10.3 Å². The van der Waals surface area contributed by atoms with Gasteiger partial charge >= 0.3 is 5.97 Å². The van der Waals surface area contributed by atoms with E-state index in [1.165, 1.54) is 30.5 Å². The lowest BCUT2D eigenvalue weighted by Crippen LogP contribution is -2.15. The number of carbonyl (C=O) groups excluding carboxylic acids is 2. The van der Waals surface area contributed by atoms with Crippen molar-refractivity contribution >= 4 is 17.7 Å². The van der Waals surface area contributed by atoms with Crippen LogP contribution in [-0.4, -0.2) is 23.5 Å². The average molecular weight is 316 g/mol. The molecule has 0 aliphatic carbocycles. The molecule has 1 heterocycles. The molecule has 2 rings (SSSR count). The van der Waals surface area contributed by atoms with Crippen LogP contribution in [0, 0.1) is 5.82 Å². The number of rotatable bonds is 5. The molecule has 0 fully saturated rings. The Labute approximate surface area is 133 Å². The van der Waals surface area contributed by atoms with Gasteiger partial charge in [-0.3, -0.25) is 9.59 Å². The average Bonchev–Trinajstić information content (AvgIpc) is 2.55. The van der Waals surface area contributed by atoms with Crippen molar-refractivity contribution in [1.82, 2.24) is 4.98 Å². The second kappa shape index (κ2) is 7.49. The number of halogens is 1. The monoisotopic (exact) mass is 316 g/mol. The van der Waals surface area contributed by atoms with Crippen molar-refractivity contribution in [2.45, 2.75) is 19.8 Å². The molecule has 1 aromatic carbocycles. The molecule has 2 aromatic rings. The van der Waals surface area contributed by atoms with Crippen LogP contribution >= 0.6 is 0 Å². The number of nitrogens with zero attached hydrogens (tertiary/aromatic N) is 1. The highest BCUT2D eigenvalue weighted by Gasteiger charge is 2.16. The highest BCUT2D eigenvalue weighted by Crippen LogP contribution is 2.17. The van der Waals surface area contributed by atoms with Crippen LogP contribution in [0.2, 0.25) is 0 Å². The standard InChI is InChI=1S/C17H17FN2O3/c1-3-23-17(22)11(2)13-6-9-15(19-10-13)20-16(21)12-4-7-14(18)8-5-12/h4-11H,3H2,1-2H3,(H,19,20,21). The Bertz CT molecular complexity index is 684. The zero-order chi connectivity index (χ0) is 16.8. The molecular formula is C17H17FN2O3. The van der Waals surface area contributed by atoms with E-state index in [1.807, 2.05) is 0 Å². The first-order valence-electron chi connectivity index (χ1n) is 7.20. The number of nitrogens with one attached hydrogen (secondary N) is 1. The number of hydrogen-bond acceptors (Lipinski definition) is 4. The number of aromatic nitrogens is 1. The van der Waals surface area contributed by atoms with Gasteiger partial charge in [0, 0.05) is 11.8 Å². The third-order valence-corrected chi connectivity index (χ3v) is 3.27. The van der Waals surface area contributed by atoms with Crippen LogP contribution in [0.15, 0.2) is 42.6 Å². The SMILES string of the molecule is CCOC(=O)C(C)c1ccc(NC(=O)c2ccc(F)cc2)nc1. The first kappa shape index (κ1) is 16.6. The third-order valence-electron chi connectivity index (χ3n) is 3.27. The van der Waals surface area contributed by atoms with Crippen LogP contribution in [0.3, 0.4) is 0 Å². The Kier molecular flexibility index (Phi) is 5.41. The van der Waals surface area contributed by atoms with Gasteiger partial charge in [0.25, 0.3) is 5.91 Å². The smallest absolute Gasteiger partial charge is 0.313 e. The molecule has 0 spiro atoms. The molecular weight excluding hydrogens is 299 g/mol. The third kappa shape index (κ3) is 4.35. The fourth-order valence-electron chi connectivity index (χ4n) is 1.93. The van der Waals surface area contributed by atoms with Crippen molar-refractivity contribution in [1.29, 1.82) is 0 Å². The molecule has 0 saturated carbocycles. The summed E-state index contributed by atoms with van der Waals surface area (Å²) in [5.74, 6) is -1.19. The molecule has 0 aliphatic rings. The number of anilines is 1. The maximum atomic E-state index is 12.8. The van der Waals surface area contributed by atoms with Crippen LogP contribution in [-0.2, 0) is 9.53 Å². The van der Waals surface area contributed by atoms with Gasteiger partial charge in [0.2, 0.25) is 0 Å². The van der Waals surface area contributed by atoms with E-state index in [0.29, 0.717) is 23.6 Å². The van der Waals surface area contributed by atoms with Gasteiger partial charge < -0.3 is 10.1 Å². The number of ether oxygens (including phenoxy) is 1. The van der Waals surface area contributed by atoms with Gasteiger partial charge in [0.15, 0.2) is 0 Å². The summed E-state index contributed by atoms with van der Waals surface area (Å²) in [7, 11) is 0. The number of amides is 1. The second-order valence-electron chi connectivity index (χ2n) is 4.91. The van der Waals surface area contributed by atoms with Crippen molar-refractivity contribution in [2.75, 3.05) is 11.9 Å². The summed E-state index contributed by atoms with van der Waals surface area (Å²) >= 11 is 0. The summed E-state index contributed by atoms with van der Waals surface area (Å²) in [6, 6.07) is 8.52. The van der Waals surface area contributed by atoms with Gasteiger partial charge in [-0.15, -0.1) is 0 Å². The summed E-state index contributed by atoms with van der Waals surface area (Å²) < 4.78 is 17.8. The van der Waals surface area contributed by atoms with Gasteiger partial charge in [0.05, 0.1) is 12.5 Å². The van der Waals surface area contributed by atoms with E-state index in [4.69, 9.17) is 4.74 Å². The van der Waals surface area contributed by atoms with Crippen LogP contribution in [0.4, 0.5) is 10.2 Å². The molecule has 0 saturated heterocycles. The van der Waals surface area contributed by atoms with Crippen LogP contribution < -0.4 is 5.32 Å². The van der Waals surface area contributed by atoms with Crippen molar-refractivity contribution < 1.29 is 18.7 Å². The molecule has 1 amide bonds. The zero-order valence-corrected chi connectivity index (χ0v) is 12.9. The number of carbonyl (C=O) groups is 2. The Hall–Kier alpha value is -2.76.